The van der Waals surface area contributed by atoms with E-state index in [-0.39, 0.29) is 36.0 Å². The highest BCUT2D eigenvalue weighted by molar-refractivity contribution is 6.46. The molecule has 2 aromatic rings. The van der Waals surface area contributed by atoms with Gasteiger partial charge in [-0.3, -0.25) is 9.59 Å². The minimum Gasteiger partial charge on any atom is -0.507 e. The fourth-order valence-corrected chi connectivity index (χ4v) is 3.57. The van der Waals surface area contributed by atoms with Gasteiger partial charge in [-0.2, -0.15) is 0 Å². The number of aromatic hydroxyl groups is 1. The molecular formula is C23H25NO6. The van der Waals surface area contributed by atoms with Gasteiger partial charge in [-0.15, -0.1) is 0 Å². The Kier molecular flexibility index (Phi) is 6.12. The minimum absolute atomic E-state index is 0.0241. The summed E-state index contributed by atoms with van der Waals surface area (Å²) in [5.74, 6) is -1.61. The van der Waals surface area contributed by atoms with E-state index in [9.17, 15) is 19.8 Å². The first-order chi connectivity index (χ1) is 14.3. The molecule has 0 bridgehead atoms. The van der Waals surface area contributed by atoms with Gasteiger partial charge in [-0.1, -0.05) is 18.2 Å². The standard InChI is InChI=1S/C23H25NO6/c1-13-5-6-16(11-14(13)2)21(26)19-20(15-7-8-18(30-4)17(25)12-15)24(9-10-29-3)23(28)22(19)27/h5-8,11-12,20,25-26H,9-10H2,1-4H3/b21-19-. The lowest BCUT2D eigenvalue weighted by Gasteiger charge is -2.25. The number of methoxy groups -OCH3 is 2. The summed E-state index contributed by atoms with van der Waals surface area (Å²) in [5.41, 5.74) is 2.90. The molecule has 0 aliphatic carbocycles. The number of likely N-dealkylation sites (tertiary alicyclic amines) is 1. The number of phenolic OH excluding ortho intramolecular Hbond substituents is 1. The summed E-state index contributed by atoms with van der Waals surface area (Å²) in [5, 5.41) is 21.3. The number of aryl methyl sites for hydroxylation is 2. The second-order valence-corrected chi connectivity index (χ2v) is 7.22. The predicted octanol–water partition coefficient (Wildman–Crippen LogP) is 3.09. The van der Waals surface area contributed by atoms with Crippen molar-refractivity contribution >= 4 is 17.4 Å². The molecule has 1 aliphatic heterocycles. The molecule has 1 unspecified atom stereocenters. The topological polar surface area (TPSA) is 96.3 Å². The van der Waals surface area contributed by atoms with Crippen molar-refractivity contribution in [1.29, 1.82) is 0 Å². The monoisotopic (exact) mass is 411 g/mol. The van der Waals surface area contributed by atoms with E-state index >= 15 is 0 Å². The van der Waals surface area contributed by atoms with Gasteiger partial charge in [0.1, 0.15) is 5.76 Å². The van der Waals surface area contributed by atoms with Crippen LogP contribution in [0.25, 0.3) is 5.76 Å². The lowest BCUT2D eigenvalue weighted by Crippen LogP contribution is -2.32. The number of carbonyl (C=O) groups excluding carboxylic acids is 2. The summed E-state index contributed by atoms with van der Waals surface area (Å²) in [6, 6.07) is 9.11. The van der Waals surface area contributed by atoms with Gasteiger partial charge in [0.15, 0.2) is 11.5 Å². The average Bonchev–Trinajstić information content (AvgIpc) is 2.98. The summed E-state index contributed by atoms with van der Waals surface area (Å²) >= 11 is 0. The van der Waals surface area contributed by atoms with Crippen LogP contribution in [0, 0.1) is 13.8 Å². The van der Waals surface area contributed by atoms with Crippen molar-refractivity contribution < 1.29 is 29.3 Å². The minimum atomic E-state index is -0.862. The Labute approximate surface area is 175 Å². The quantitative estimate of drug-likeness (QED) is 0.431. The second kappa shape index (κ2) is 8.59. The lowest BCUT2D eigenvalue weighted by atomic mass is 9.94. The zero-order valence-corrected chi connectivity index (χ0v) is 17.4. The molecule has 1 saturated heterocycles. The van der Waals surface area contributed by atoms with E-state index in [1.165, 1.54) is 25.2 Å². The third-order valence-corrected chi connectivity index (χ3v) is 5.38. The van der Waals surface area contributed by atoms with Crippen LogP contribution in [0.5, 0.6) is 11.5 Å². The summed E-state index contributed by atoms with van der Waals surface area (Å²) in [7, 11) is 2.93. The molecule has 1 atom stereocenters. The van der Waals surface area contributed by atoms with E-state index in [1.807, 2.05) is 19.9 Å². The van der Waals surface area contributed by atoms with Crippen LogP contribution in [-0.4, -0.2) is 54.2 Å². The highest BCUT2D eigenvalue weighted by Gasteiger charge is 2.46. The van der Waals surface area contributed by atoms with E-state index in [4.69, 9.17) is 9.47 Å². The maximum absolute atomic E-state index is 12.9. The van der Waals surface area contributed by atoms with Crippen LogP contribution in [0.1, 0.15) is 28.3 Å². The Morgan fingerprint density at radius 3 is 2.40 bits per heavy atom. The number of benzene rings is 2. The van der Waals surface area contributed by atoms with Crippen LogP contribution in [0.2, 0.25) is 0 Å². The number of ketones is 1. The van der Waals surface area contributed by atoms with Gasteiger partial charge >= 0.3 is 0 Å². The number of Topliss-reactive ketones (excluding diaryl/α,β-unsaturated/α-hetero) is 1. The van der Waals surface area contributed by atoms with Crippen molar-refractivity contribution in [3.63, 3.8) is 0 Å². The van der Waals surface area contributed by atoms with Gasteiger partial charge in [0.25, 0.3) is 11.7 Å². The second-order valence-electron chi connectivity index (χ2n) is 7.22. The first kappa shape index (κ1) is 21.4. The zero-order chi connectivity index (χ0) is 22.0. The van der Waals surface area contributed by atoms with Crippen molar-refractivity contribution in [2.24, 2.45) is 0 Å². The molecule has 7 heteroatoms. The molecule has 3 rings (SSSR count). The maximum atomic E-state index is 12.9. The molecule has 0 radical (unpaired) electrons. The fourth-order valence-electron chi connectivity index (χ4n) is 3.57. The molecule has 1 aliphatic rings. The number of hydrogen-bond donors (Lipinski definition) is 2. The highest BCUT2D eigenvalue weighted by Crippen LogP contribution is 2.41. The summed E-state index contributed by atoms with van der Waals surface area (Å²) in [4.78, 5) is 27.0. The number of rotatable bonds is 6. The number of ether oxygens (including phenoxy) is 2. The Bertz CT molecular complexity index is 1030. The third-order valence-electron chi connectivity index (χ3n) is 5.38. The van der Waals surface area contributed by atoms with Gasteiger partial charge in [-0.25, -0.2) is 0 Å². The van der Waals surface area contributed by atoms with E-state index in [2.05, 4.69) is 0 Å². The summed E-state index contributed by atoms with van der Waals surface area (Å²) in [6.45, 7) is 4.23. The molecule has 2 aromatic carbocycles. The molecule has 0 spiro atoms. The molecule has 1 heterocycles. The molecular weight excluding hydrogens is 386 g/mol. The van der Waals surface area contributed by atoms with Crippen molar-refractivity contribution in [3.8, 4) is 11.5 Å². The third kappa shape index (κ3) is 3.76. The van der Waals surface area contributed by atoms with E-state index < -0.39 is 17.7 Å². The van der Waals surface area contributed by atoms with E-state index in [0.717, 1.165) is 11.1 Å². The van der Waals surface area contributed by atoms with E-state index in [0.29, 0.717) is 11.1 Å². The van der Waals surface area contributed by atoms with Crippen LogP contribution >= 0.6 is 0 Å². The molecule has 0 saturated carbocycles. The van der Waals surface area contributed by atoms with Crippen LogP contribution < -0.4 is 4.74 Å². The highest BCUT2D eigenvalue weighted by atomic mass is 16.5. The van der Waals surface area contributed by atoms with Crippen LogP contribution in [0.15, 0.2) is 42.0 Å². The Balaban J connectivity index is 2.19. The van der Waals surface area contributed by atoms with Gasteiger partial charge in [0, 0.05) is 19.2 Å². The zero-order valence-electron chi connectivity index (χ0n) is 17.4. The van der Waals surface area contributed by atoms with Gasteiger partial charge in [0.2, 0.25) is 0 Å². The molecule has 2 N–H and O–H groups in total. The first-order valence-corrected chi connectivity index (χ1v) is 9.52. The van der Waals surface area contributed by atoms with Crippen molar-refractivity contribution in [3.05, 3.63) is 64.2 Å². The van der Waals surface area contributed by atoms with Crippen molar-refractivity contribution in [2.45, 2.75) is 19.9 Å². The molecule has 1 amide bonds. The Morgan fingerprint density at radius 1 is 1.07 bits per heavy atom. The lowest BCUT2D eigenvalue weighted by molar-refractivity contribution is -0.140. The number of aliphatic hydroxyl groups is 1. The maximum Gasteiger partial charge on any atom is 0.295 e. The van der Waals surface area contributed by atoms with Gasteiger partial charge in [0.05, 0.1) is 25.3 Å². The van der Waals surface area contributed by atoms with Crippen molar-refractivity contribution in [2.75, 3.05) is 27.4 Å². The number of carbonyl (C=O) groups is 2. The van der Waals surface area contributed by atoms with Gasteiger partial charge in [-0.05, 0) is 48.7 Å². The SMILES string of the molecule is COCCN1C(=O)C(=O)/C(=C(\O)c2ccc(C)c(C)c2)C1c1ccc(OC)c(O)c1. The fraction of sp³-hybridized carbons (Fsp3) is 0.304. The normalized spacial score (nSPS) is 18.1. The Morgan fingerprint density at radius 2 is 1.80 bits per heavy atom. The Hall–Kier alpha value is -3.32. The molecule has 7 nitrogen and oxygen atoms in total. The predicted molar refractivity (Wildman–Crippen MR) is 111 cm³/mol. The largest absolute Gasteiger partial charge is 0.507 e. The molecule has 0 aromatic heterocycles. The smallest absolute Gasteiger partial charge is 0.295 e. The number of amides is 1. The number of hydrogen-bond acceptors (Lipinski definition) is 6. The number of aliphatic hydroxyl groups excluding tert-OH is 1. The molecule has 30 heavy (non-hydrogen) atoms. The number of nitrogens with zero attached hydrogens (tertiary/aromatic N) is 1. The number of phenols is 1. The summed E-state index contributed by atoms with van der Waals surface area (Å²) in [6.07, 6.45) is 0. The molecule has 158 valence electrons. The first-order valence-electron chi connectivity index (χ1n) is 9.52. The van der Waals surface area contributed by atoms with E-state index in [1.54, 1.807) is 24.3 Å². The molecule has 1 fully saturated rings. The van der Waals surface area contributed by atoms with Crippen LogP contribution in [0.4, 0.5) is 0 Å². The van der Waals surface area contributed by atoms with Crippen LogP contribution in [-0.2, 0) is 14.3 Å². The van der Waals surface area contributed by atoms with Gasteiger partial charge < -0.3 is 24.6 Å². The average molecular weight is 411 g/mol. The van der Waals surface area contributed by atoms with Crippen molar-refractivity contribution in [1.82, 2.24) is 4.90 Å². The van der Waals surface area contributed by atoms with Crippen LogP contribution in [0.3, 0.4) is 0 Å². The summed E-state index contributed by atoms with van der Waals surface area (Å²) < 4.78 is 10.2.